The first-order valence-corrected chi connectivity index (χ1v) is 8.86. The highest BCUT2D eigenvalue weighted by Gasteiger charge is 2.18. The van der Waals surface area contributed by atoms with Gasteiger partial charge in [-0.05, 0) is 32.0 Å². The van der Waals surface area contributed by atoms with Gasteiger partial charge in [0.25, 0.3) is 0 Å². The van der Waals surface area contributed by atoms with E-state index in [-0.39, 0.29) is 30.0 Å². The zero-order chi connectivity index (χ0) is 20.0. The topological polar surface area (TPSA) is 78.5 Å². The molecule has 0 atom stereocenters. The van der Waals surface area contributed by atoms with Crippen LogP contribution in [0.15, 0.2) is 48.5 Å². The van der Waals surface area contributed by atoms with Crippen LogP contribution in [0.4, 0.5) is 10.5 Å². The van der Waals surface area contributed by atoms with E-state index in [1.54, 1.807) is 36.4 Å². The van der Waals surface area contributed by atoms with Gasteiger partial charge in [0, 0.05) is 29.2 Å². The van der Waals surface area contributed by atoms with Gasteiger partial charge in [-0.15, -0.1) is 0 Å². The molecular formula is C20H22ClN3O3. The molecule has 0 saturated carbocycles. The third-order valence-electron chi connectivity index (χ3n) is 3.68. The van der Waals surface area contributed by atoms with Crippen molar-refractivity contribution < 1.29 is 14.4 Å². The molecule has 0 aliphatic heterocycles. The minimum absolute atomic E-state index is 0.0330. The van der Waals surface area contributed by atoms with Gasteiger partial charge in [-0.3, -0.25) is 9.59 Å². The molecular weight excluding hydrogens is 366 g/mol. The molecule has 2 rings (SSSR count). The van der Waals surface area contributed by atoms with Gasteiger partial charge >= 0.3 is 6.03 Å². The Morgan fingerprint density at radius 3 is 2.37 bits per heavy atom. The monoisotopic (exact) mass is 387 g/mol. The number of halogens is 1. The number of hydrogen-bond donors (Lipinski definition) is 2. The first kappa shape index (κ1) is 20.5. The van der Waals surface area contributed by atoms with E-state index >= 15 is 0 Å². The molecule has 2 aromatic rings. The van der Waals surface area contributed by atoms with Gasteiger partial charge in [0.15, 0.2) is 5.78 Å². The Morgan fingerprint density at radius 2 is 1.74 bits per heavy atom. The fourth-order valence-electron chi connectivity index (χ4n) is 2.39. The number of rotatable bonds is 6. The van der Waals surface area contributed by atoms with Gasteiger partial charge in [-0.25, -0.2) is 4.79 Å². The Kier molecular flexibility index (Phi) is 6.96. The van der Waals surface area contributed by atoms with Gasteiger partial charge in [0.05, 0.1) is 5.69 Å². The van der Waals surface area contributed by atoms with Crippen LogP contribution >= 0.6 is 11.6 Å². The molecule has 0 aromatic heterocycles. The number of urea groups is 1. The third-order valence-corrected chi connectivity index (χ3v) is 3.91. The van der Waals surface area contributed by atoms with Crippen LogP contribution in [0.2, 0.25) is 5.02 Å². The zero-order valence-corrected chi connectivity index (χ0v) is 16.2. The van der Waals surface area contributed by atoms with Crippen LogP contribution < -0.4 is 10.6 Å². The molecule has 0 fully saturated rings. The molecule has 2 N–H and O–H groups in total. The Morgan fingerprint density at radius 1 is 1.07 bits per heavy atom. The number of hydrogen-bond acceptors (Lipinski definition) is 3. The SMILES string of the molecule is CC(C)NC(=O)N(C)CC(=O)Nc1ccc(Cl)cc1C(=O)c1ccccc1. The van der Waals surface area contributed by atoms with Gasteiger partial charge in [-0.1, -0.05) is 41.9 Å². The summed E-state index contributed by atoms with van der Waals surface area (Å²) < 4.78 is 0. The van der Waals surface area contributed by atoms with Crippen LogP contribution in [-0.2, 0) is 4.79 Å². The number of nitrogens with zero attached hydrogens (tertiary/aromatic N) is 1. The van der Waals surface area contributed by atoms with Gasteiger partial charge in [0.1, 0.15) is 6.54 Å². The van der Waals surface area contributed by atoms with Gasteiger partial charge in [-0.2, -0.15) is 0 Å². The van der Waals surface area contributed by atoms with Crippen molar-refractivity contribution in [1.82, 2.24) is 10.2 Å². The molecule has 7 heteroatoms. The molecule has 0 aliphatic carbocycles. The molecule has 0 aliphatic rings. The van der Waals surface area contributed by atoms with E-state index in [0.29, 0.717) is 16.3 Å². The number of benzene rings is 2. The highest BCUT2D eigenvalue weighted by atomic mass is 35.5. The Balaban J connectivity index is 2.16. The lowest BCUT2D eigenvalue weighted by atomic mass is 10.0. The van der Waals surface area contributed by atoms with E-state index in [9.17, 15) is 14.4 Å². The van der Waals surface area contributed by atoms with Gasteiger partial charge in [0.2, 0.25) is 5.91 Å². The lowest BCUT2D eigenvalue weighted by Gasteiger charge is -2.19. The Bertz CT molecular complexity index is 838. The molecule has 3 amide bonds. The van der Waals surface area contributed by atoms with Crippen molar-refractivity contribution in [2.75, 3.05) is 18.9 Å². The maximum absolute atomic E-state index is 12.8. The predicted octanol–water partition coefficient (Wildman–Crippen LogP) is 3.56. The molecule has 0 heterocycles. The number of anilines is 1. The Hall–Kier alpha value is -2.86. The van der Waals surface area contributed by atoms with Crippen LogP contribution in [0.3, 0.4) is 0 Å². The van der Waals surface area contributed by atoms with Crippen molar-refractivity contribution >= 4 is 35.0 Å². The molecule has 6 nitrogen and oxygen atoms in total. The number of likely N-dealkylation sites (N-methyl/N-ethyl adjacent to an activating group) is 1. The van der Waals surface area contributed by atoms with Crippen LogP contribution in [-0.4, -0.2) is 42.3 Å². The molecule has 0 unspecified atom stereocenters. The number of nitrogens with one attached hydrogen (secondary N) is 2. The van der Waals surface area contributed by atoms with Crippen molar-refractivity contribution in [3.8, 4) is 0 Å². The molecule has 2 aromatic carbocycles. The first-order valence-electron chi connectivity index (χ1n) is 8.48. The maximum atomic E-state index is 12.8. The first-order chi connectivity index (χ1) is 12.8. The second-order valence-electron chi connectivity index (χ2n) is 6.39. The molecule has 0 saturated heterocycles. The second-order valence-corrected chi connectivity index (χ2v) is 6.83. The molecule has 27 heavy (non-hydrogen) atoms. The highest BCUT2D eigenvalue weighted by molar-refractivity contribution is 6.31. The lowest BCUT2D eigenvalue weighted by Crippen LogP contribution is -2.44. The Labute approximate surface area is 163 Å². The summed E-state index contributed by atoms with van der Waals surface area (Å²) >= 11 is 6.03. The molecule has 0 radical (unpaired) electrons. The van der Waals surface area contributed by atoms with Crippen LogP contribution in [0.1, 0.15) is 29.8 Å². The van der Waals surface area contributed by atoms with E-state index in [0.717, 1.165) is 0 Å². The summed E-state index contributed by atoms with van der Waals surface area (Å²) in [5.74, 6) is -0.667. The fourth-order valence-corrected chi connectivity index (χ4v) is 2.56. The maximum Gasteiger partial charge on any atom is 0.317 e. The number of carbonyl (C=O) groups is 3. The summed E-state index contributed by atoms with van der Waals surface area (Å²) in [5.41, 5.74) is 1.12. The summed E-state index contributed by atoms with van der Waals surface area (Å²) in [6, 6.07) is 13.0. The van der Waals surface area contributed by atoms with Crippen molar-refractivity contribution in [3.63, 3.8) is 0 Å². The standard InChI is InChI=1S/C20H22ClN3O3/c1-13(2)22-20(27)24(3)12-18(25)23-17-10-9-15(21)11-16(17)19(26)14-7-5-4-6-8-14/h4-11,13H,12H2,1-3H3,(H,22,27)(H,23,25). The van der Waals surface area contributed by atoms with Crippen LogP contribution in [0.25, 0.3) is 0 Å². The minimum Gasteiger partial charge on any atom is -0.336 e. The summed E-state index contributed by atoms with van der Waals surface area (Å²) in [5, 5.41) is 5.78. The lowest BCUT2D eigenvalue weighted by molar-refractivity contribution is -0.116. The number of amides is 3. The summed E-state index contributed by atoms with van der Waals surface area (Å²) in [6.07, 6.45) is 0. The van der Waals surface area contributed by atoms with Crippen molar-refractivity contribution in [1.29, 1.82) is 0 Å². The summed E-state index contributed by atoms with van der Waals surface area (Å²) in [7, 11) is 1.52. The smallest absolute Gasteiger partial charge is 0.317 e. The molecule has 0 spiro atoms. The van der Waals surface area contributed by atoms with Crippen LogP contribution in [0.5, 0.6) is 0 Å². The fraction of sp³-hybridized carbons (Fsp3) is 0.250. The van der Waals surface area contributed by atoms with E-state index in [1.165, 1.54) is 18.0 Å². The van der Waals surface area contributed by atoms with E-state index in [1.807, 2.05) is 19.9 Å². The van der Waals surface area contributed by atoms with Crippen molar-refractivity contribution in [2.45, 2.75) is 19.9 Å². The molecule has 0 bridgehead atoms. The van der Waals surface area contributed by atoms with Crippen molar-refractivity contribution in [3.05, 3.63) is 64.7 Å². The average Bonchev–Trinajstić information content (AvgIpc) is 2.62. The zero-order valence-electron chi connectivity index (χ0n) is 15.5. The van der Waals surface area contributed by atoms with E-state index in [2.05, 4.69) is 10.6 Å². The third kappa shape index (κ3) is 5.82. The minimum atomic E-state index is -0.416. The summed E-state index contributed by atoms with van der Waals surface area (Å²) in [4.78, 5) is 38.3. The van der Waals surface area contributed by atoms with Gasteiger partial charge < -0.3 is 15.5 Å². The van der Waals surface area contributed by atoms with E-state index in [4.69, 9.17) is 11.6 Å². The average molecular weight is 388 g/mol. The largest absolute Gasteiger partial charge is 0.336 e. The normalized spacial score (nSPS) is 10.4. The highest BCUT2D eigenvalue weighted by Crippen LogP contribution is 2.23. The van der Waals surface area contributed by atoms with Crippen molar-refractivity contribution in [2.24, 2.45) is 0 Å². The summed E-state index contributed by atoms with van der Waals surface area (Å²) in [6.45, 7) is 3.52. The quantitative estimate of drug-likeness (QED) is 0.744. The predicted molar refractivity (Wildman–Crippen MR) is 106 cm³/mol. The van der Waals surface area contributed by atoms with Crippen LogP contribution in [0, 0.1) is 0 Å². The second kappa shape index (κ2) is 9.19. The van der Waals surface area contributed by atoms with E-state index < -0.39 is 5.91 Å². The molecule has 142 valence electrons. The number of ketones is 1. The number of carbonyl (C=O) groups excluding carboxylic acids is 3.